The van der Waals surface area contributed by atoms with E-state index >= 15 is 0 Å². The summed E-state index contributed by atoms with van der Waals surface area (Å²) in [5, 5.41) is 9.16. The number of nitrogens with one attached hydrogen (secondary N) is 1. The molecule has 0 amide bonds. The zero-order valence-corrected chi connectivity index (χ0v) is 25.8. The number of hydrogen-bond acceptors (Lipinski definition) is 8. The molecule has 2 aliphatic heterocycles. The van der Waals surface area contributed by atoms with Crippen LogP contribution in [0.3, 0.4) is 0 Å². The predicted molar refractivity (Wildman–Crippen MR) is 154 cm³/mol. The van der Waals surface area contributed by atoms with Gasteiger partial charge in [-0.1, -0.05) is 51.1 Å². The predicted octanol–water partition coefficient (Wildman–Crippen LogP) is 5.96. The summed E-state index contributed by atoms with van der Waals surface area (Å²) < 4.78 is 27.5. The highest BCUT2D eigenvalue weighted by atomic mass is 35.5. The van der Waals surface area contributed by atoms with E-state index in [-0.39, 0.29) is 40.8 Å². The molecule has 5 rings (SSSR count). The smallest absolute Gasteiger partial charge is 0.226 e. The van der Waals surface area contributed by atoms with E-state index in [2.05, 4.69) is 73.3 Å². The summed E-state index contributed by atoms with van der Waals surface area (Å²) in [4.78, 5) is 8.98. The molecule has 2 aromatic heterocycles. The van der Waals surface area contributed by atoms with Crippen LogP contribution in [0.4, 0.5) is 5.82 Å². The Hall–Kier alpha value is -2.08. The molecule has 2 saturated heterocycles. The van der Waals surface area contributed by atoms with E-state index in [4.69, 9.17) is 30.2 Å². The standard InChI is InChI=1S/C28H40ClN5O4Si/c1-17(18-12-10-9-11-13-18)31-24-19-14-30-34(25(19)33-26(29)32-24)15-20-22-23(38-28(5,6)37-22)21(36-20)16-35-39(7,8)27(2,3)4/h9-14,17,20-23H,15-16H2,1-8H3,(H,31,32,33)/t17-,20+,21+,22-,23+/m0/s1. The molecule has 0 spiro atoms. The highest BCUT2D eigenvalue weighted by Gasteiger charge is 2.55. The van der Waals surface area contributed by atoms with Crippen molar-refractivity contribution < 1.29 is 18.6 Å². The molecule has 0 unspecified atom stereocenters. The molecule has 4 heterocycles. The average molecular weight is 574 g/mol. The summed E-state index contributed by atoms with van der Waals surface area (Å²) in [5.74, 6) is -0.0606. The first kappa shape index (κ1) is 28.4. The second-order valence-corrected chi connectivity index (χ2v) is 17.7. The van der Waals surface area contributed by atoms with E-state index in [1.54, 1.807) is 6.20 Å². The Labute approximate surface area is 236 Å². The van der Waals surface area contributed by atoms with Gasteiger partial charge < -0.3 is 24.0 Å². The molecule has 5 atom stereocenters. The molecule has 212 valence electrons. The first-order chi connectivity index (χ1) is 18.2. The van der Waals surface area contributed by atoms with E-state index < -0.39 is 14.1 Å². The number of hydrogen-bond donors (Lipinski definition) is 1. The SMILES string of the molecule is C[C@H](Nc1nc(Cl)nc2c1cnn2C[C@H]1O[C@H](CO[Si](C)(C)C(C)(C)C)[C@H]2OC(C)(C)O[C@H]21)c1ccccc1. The van der Waals surface area contributed by atoms with E-state index in [0.29, 0.717) is 24.6 Å². The Morgan fingerprint density at radius 1 is 1.10 bits per heavy atom. The van der Waals surface area contributed by atoms with E-state index in [0.717, 1.165) is 10.9 Å². The second kappa shape index (κ2) is 10.4. The minimum atomic E-state index is -1.96. The van der Waals surface area contributed by atoms with Gasteiger partial charge in [0.05, 0.1) is 24.7 Å². The van der Waals surface area contributed by atoms with E-state index in [9.17, 15) is 0 Å². The second-order valence-electron chi connectivity index (χ2n) is 12.5. The van der Waals surface area contributed by atoms with E-state index in [1.165, 1.54) is 0 Å². The molecule has 9 nitrogen and oxygen atoms in total. The molecule has 11 heteroatoms. The lowest BCUT2D eigenvalue weighted by Crippen LogP contribution is -2.44. The van der Waals surface area contributed by atoms with Crippen LogP contribution in [0.15, 0.2) is 36.5 Å². The summed E-state index contributed by atoms with van der Waals surface area (Å²) in [7, 11) is -1.96. The fourth-order valence-corrected chi connectivity index (χ4v) is 6.11. The molecule has 39 heavy (non-hydrogen) atoms. The van der Waals surface area contributed by atoms with Gasteiger partial charge in [0.15, 0.2) is 19.8 Å². The van der Waals surface area contributed by atoms with Gasteiger partial charge in [0, 0.05) is 6.04 Å². The molecule has 0 radical (unpaired) electrons. The Morgan fingerprint density at radius 3 is 2.44 bits per heavy atom. The maximum atomic E-state index is 6.53. The Morgan fingerprint density at radius 2 is 1.77 bits per heavy atom. The van der Waals surface area contributed by atoms with Crippen molar-refractivity contribution in [3.8, 4) is 0 Å². The normalized spacial score (nSPS) is 25.7. The van der Waals surface area contributed by atoms with Gasteiger partial charge in [-0.2, -0.15) is 15.1 Å². The van der Waals surface area contributed by atoms with Gasteiger partial charge in [-0.3, -0.25) is 0 Å². The van der Waals surface area contributed by atoms with Gasteiger partial charge in [0.25, 0.3) is 0 Å². The quantitative estimate of drug-likeness (QED) is 0.260. The first-order valence-electron chi connectivity index (χ1n) is 13.6. The monoisotopic (exact) mass is 573 g/mol. The number of benzene rings is 1. The minimum absolute atomic E-state index is 0.0237. The zero-order chi connectivity index (χ0) is 28.2. The van der Waals surface area contributed by atoms with Crippen LogP contribution in [0.5, 0.6) is 0 Å². The summed E-state index contributed by atoms with van der Waals surface area (Å²) in [6, 6.07) is 10.2. The highest BCUT2D eigenvalue weighted by molar-refractivity contribution is 6.74. The van der Waals surface area contributed by atoms with Gasteiger partial charge in [-0.05, 0) is 56.1 Å². The molecule has 0 saturated carbocycles. The van der Waals surface area contributed by atoms with Gasteiger partial charge in [-0.25, -0.2) is 4.68 Å². The van der Waals surface area contributed by atoms with Gasteiger partial charge >= 0.3 is 0 Å². The molecular formula is C28H40ClN5O4Si. The first-order valence-corrected chi connectivity index (χ1v) is 16.9. The minimum Gasteiger partial charge on any atom is -0.414 e. The lowest BCUT2D eigenvalue weighted by atomic mass is 10.1. The van der Waals surface area contributed by atoms with Crippen LogP contribution >= 0.6 is 11.6 Å². The number of nitrogens with zero attached hydrogens (tertiary/aromatic N) is 4. The Kier molecular flexibility index (Phi) is 7.58. The molecule has 2 fully saturated rings. The van der Waals surface area contributed by atoms with Gasteiger partial charge in [0.1, 0.15) is 30.2 Å². The van der Waals surface area contributed by atoms with Crippen molar-refractivity contribution in [2.75, 3.05) is 11.9 Å². The van der Waals surface area contributed by atoms with Crippen molar-refractivity contribution in [1.82, 2.24) is 19.7 Å². The topological polar surface area (TPSA) is 92.6 Å². The summed E-state index contributed by atoms with van der Waals surface area (Å²) in [6.45, 7) is 18.1. The van der Waals surface area contributed by atoms with Crippen molar-refractivity contribution in [3.05, 3.63) is 47.4 Å². The van der Waals surface area contributed by atoms with Crippen LogP contribution in [0.2, 0.25) is 23.4 Å². The summed E-state index contributed by atoms with van der Waals surface area (Å²) in [5.41, 5.74) is 1.78. The van der Waals surface area contributed by atoms with E-state index in [1.807, 2.05) is 36.7 Å². The van der Waals surface area contributed by atoms with Gasteiger partial charge in [0.2, 0.25) is 5.28 Å². The van der Waals surface area contributed by atoms with Crippen molar-refractivity contribution in [1.29, 1.82) is 0 Å². The van der Waals surface area contributed by atoms with Crippen molar-refractivity contribution in [3.63, 3.8) is 0 Å². The average Bonchev–Trinajstić information content (AvgIpc) is 3.49. The number of fused-ring (bicyclic) bond motifs is 2. The maximum absolute atomic E-state index is 6.53. The molecule has 2 aliphatic rings. The summed E-state index contributed by atoms with van der Waals surface area (Å²) in [6.07, 6.45) is 0.770. The highest BCUT2D eigenvalue weighted by Crippen LogP contribution is 2.41. The van der Waals surface area contributed by atoms with Crippen molar-refractivity contribution in [2.45, 2.75) is 102 Å². The molecule has 1 N–H and O–H groups in total. The number of halogens is 1. The fraction of sp³-hybridized carbons (Fsp3) is 0.607. The lowest BCUT2D eigenvalue weighted by molar-refractivity contribution is -0.191. The van der Waals surface area contributed by atoms with Crippen LogP contribution in [-0.4, -0.2) is 64.9 Å². The number of anilines is 1. The molecule has 3 aromatic rings. The Bertz CT molecular complexity index is 1310. The van der Waals surface area contributed by atoms with Crippen LogP contribution in [0, 0.1) is 0 Å². The largest absolute Gasteiger partial charge is 0.414 e. The van der Waals surface area contributed by atoms with Crippen LogP contribution in [-0.2, 0) is 25.2 Å². The number of rotatable bonds is 8. The van der Waals surface area contributed by atoms with Gasteiger partial charge in [-0.15, -0.1) is 0 Å². The third kappa shape index (κ3) is 5.87. The number of ether oxygens (including phenoxy) is 3. The lowest BCUT2D eigenvalue weighted by Gasteiger charge is -2.37. The third-order valence-corrected chi connectivity index (χ3v) is 12.8. The number of aromatic nitrogens is 4. The zero-order valence-electron chi connectivity index (χ0n) is 24.1. The maximum Gasteiger partial charge on any atom is 0.226 e. The van der Waals surface area contributed by atoms with Crippen molar-refractivity contribution >= 4 is 36.8 Å². The Balaban J connectivity index is 1.37. The third-order valence-electron chi connectivity index (χ3n) is 8.14. The van der Waals surface area contributed by atoms with Crippen LogP contribution in [0.1, 0.15) is 53.1 Å². The molecule has 1 aromatic carbocycles. The van der Waals surface area contributed by atoms with Crippen molar-refractivity contribution in [2.24, 2.45) is 0 Å². The summed E-state index contributed by atoms with van der Waals surface area (Å²) >= 11 is 6.38. The van der Waals surface area contributed by atoms with Crippen LogP contribution < -0.4 is 5.32 Å². The van der Waals surface area contributed by atoms with Crippen LogP contribution in [0.25, 0.3) is 11.0 Å². The fourth-order valence-electron chi connectivity index (χ4n) is 4.93. The molecule has 0 bridgehead atoms. The molecular weight excluding hydrogens is 534 g/mol. The molecule has 0 aliphatic carbocycles.